The van der Waals surface area contributed by atoms with Gasteiger partial charge in [-0.25, -0.2) is 4.98 Å². The van der Waals surface area contributed by atoms with Gasteiger partial charge in [-0.3, -0.25) is 0 Å². The van der Waals surface area contributed by atoms with Gasteiger partial charge in [-0.1, -0.05) is 128 Å². The monoisotopic (exact) mass is 967 g/mol. The van der Waals surface area contributed by atoms with Gasteiger partial charge in [-0.05, 0) is 80.9 Å². The van der Waals surface area contributed by atoms with E-state index in [-0.39, 0.29) is 44.7 Å². The zero-order chi connectivity index (χ0) is 40.4. The Bertz CT molecular complexity index is 2810. The molecule has 0 N–H and O–H groups in total. The summed E-state index contributed by atoms with van der Waals surface area (Å²) in [5, 5.41) is 2.26. The van der Waals surface area contributed by atoms with Crippen molar-refractivity contribution in [2.45, 2.75) is 71.6 Å². The Morgan fingerprint density at radius 2 is 1.18 bits per heavy atom. The molecule has 6 aromatic carbocycles. The van der Waals surface area contributed by atoms with Crippen LogP contribution in [-0.4, -0.2) is 9.55 Å². The number of pyridine rings is 1. The van der Waals surface area contributed by atoms with Crippen LogP contribution < -0.4 is 14.5 Å². The fraction of sp³-hybridized carbons (Fsp3) is 0.204. The van der Waals surface area contributed by atoms with Gasteiger partial charge in [-0.2, -0.15) is 12.1 Å². The molecule has 0 fully saturated rings. The number of ether oxygens (including phenoxy) is 1. The van der Waals surface area contributed by atoms with Crippen LogP contribution in [0, 0.1) is 26.2 Å². The standard InChI is InChI=1S/C53H49N4O.CH3.Pt/c1-51(2,3)37-24-26-44-45-27-25-43(34-49(45)57(48(44)31-37)50-32-38(28-29-54-50)52(4,5)6)58-42-21-15-20-41(33-42)56-35-55(46-22-12-13-23-47(46)56)40-19-14-18-39(30-40)53(7,8)36-16-10-9-11-17-36;;/h9-32,35H,1-8H3;1H3;/q-3;-1;+4. The molecule has 5 nitrogen and oxygen atoms in total. The van der Waals surface area contributed by atoms with E-state index in [0.29, 0.717) is 11.5 Å². The molecule has 6 heteroatoms. The van der Waals surface area contributed by atoms with Crippen molar-refractivity contribution in [3.05, 3.63) is 194 Å². The fourth-order valence-corrected chi connectivity index (χ4v) is 8.02. The van der Waals surface area contributed by atoms with Gasteiger partial charge < -0.3 is 26.5 Å². The second-order valence-corrected chi connectivity index (χ2v) is 17.9. The van der Waals surface area contributed by atoms with Gasteiger partial charge in [0, 0.05) is 45.7 Å². The normalized spacial score (nSPS) is 12.9. The van der Waals surface area contributed by atoms with Gasteiger partial charge in [0.15, 0.2) is 0 Å². The molecule has 0 amide bonds. The quantitative estimate of drug-likeness (QED) is 0.149. The van der Waals surface area contributed by atoms with Crippen LogP contribution in [0.25, 0.3) is 27.6 Å². The maximum absolute atomic E-state index is 6.63. The largest absolute Gasteiger partial charge is 4.00 e. The van der Waals surface area contributed by atoms with Gasteiger partial charge in [0.1, 0.15) is 5.82 Å². The van der Waals surface area contributed by atoms with Crippen LogP contribution in [0.15, 0.2) is 146 Å². The second kappa shape index (κ2) is 16.1. The SMILES string of the molecule is CC(C)(C)c1ccnc(-n2c3[c-]c(Oc4[c-]c(N5[CH-]N(c6cccc(C(C)(C)c7ccccc7)c6)c6ccccc65)ccc4)ccc3c3ccc(C(C)(C)C)cc32)c1.[CH3-].[Pt+4]. The number of rotatable bonds is 7. The van der Waals surface area contributed by atoms with Crippen LogP contribution in [0.4, 0.5) is 22.7 Å². The van der Waals surface area contributed by atoms with Crippen molar-refractivity contribution < 1.29 is 25.8 Å². The molecule has 3 heterocycles. The Kier molecular flexibility index (Phi) is 11.4. The van der Waals surface area contributed by atoms with E-state index in [1.165, 1.54) is 22.3 Å². The van der Waals surface area contributed by atoms with E-state index in [0.717, 1.165) is 50.4 Å². The summed E-state index contributed by atoms with van der Waals surface area (Å²) in [6, 6.07) is 56.6. The van der Waals surface area contributed by atoms with E-state index < -0.39 is 0 Å². The zero-order valence-corrected chi connectivity index (χ0v) is 38.2. The third-order valence-corrected chi connectivity index (χ3v) is 11.6. The summed E-state index contributed by atoms with van der Waals surface area (Å²) >= 11 is 0. The molecule has 9 rings (SSSR count). The number of fused-ring (bicyclic) bond motifs is 4. The Labute approximate surface area is 370 Å². The van der Waals surface area contributed by atoms with E-state index in [2.05, 4.69) is 210 Å². The average Bonchev–Trinajstić information content (AvgIpc) is 3.76. The molecule has 1 aliphatic rings. The smallest absolute Gasteiger partial charge is 0.509 e. The van der Waals surface area contributed by atoms with Gasteiger partial charge in [0.2, 0.25) is 0 Å². The summed E-state index contributed by atoms with van der Waals surface area (Å²) in [6.07, 6.45) is 1.92. The van der Waals surface area contributed by atoms with Crippen molar-refractivity contribution in [1.82, 2.24) is 9.55 Å². The number of hydrogen-bond donors (Lipinski definition) is 0. The minimum absolute atomic E-state index is 0. The van der Waals surface area contributed by atoms with Crippen LogP contribution in [0.5, 0.6) is 11.5 Å². The topological polar surface area (TPSA) is 33.5 Å². The molecule has 0 saturated heterocycles. The van der Waals surface area contributed by atoms with Crippen molar-refractivity contribution in [3.8, 4) is 17.3 Å². The molecule has 8 aromatic rings. The Hall–Kier alpha value is -5.64. The van der Waals surface area contributed by atoms with Crippen LogP contribution in [0.3, 0.4) is 0 Å². The Morgan fingerprint density at radius 1 is 0.550 bits per heavy atom. The summed E-state index contributed by atoms with van der Waals surface area (Å²) in [6.45, 7) is 20.2. The average molecular weight is 968 g/mol. The van der Waals surface area contributed by atoms with E-state index in [1.54, 1.807) is 0 Å². The summed E-state index contributed by atoms with van der Waals surface area (Å²) < 4.78 is 8.86. The molecule has 0 radical (unpaired) electrons. The minimum atomic E-state index is -0.160. The number of aromatic nitrogens is 2. The molecular weight excluding hydrogens is 916 g/mol. The van der Waals surface area contributed by atoms with Crippen molar-refractivity contribution in [3.63, 3.8) is 0 Å². The second-order valence-electron chi connectivity index (χ2n) is 17.9. The number of nitrogens with zero attached hydrogens (tertiary/aromatic N) is 4. The predicted octanol–water partition coefficient (Wildman–Crippen LogP) is 14.3. The first-order valence-corrected chi connectivity index (χ1v) is 20.1. The summed E-state index contributed by atoms with van der Waals surface area (Å²) in [5.74, 6) is 2.08. The minimum Gasteiger partial charge on any atom is -0.509 e. The summed E-state index contributed by atoms with van der Waals surface area (Å²) in [4.78, 5) is 9.36. The zero-order valence-electron chi connectivity index (χ0n) is 35.9. The number of para-hydroxylation sites is 2. The van der Waals surface area contributed by atoms with Crippen molar-refractivity contribution in [2.75, 3.05) is 9.80 Å². The summed E-state index contributed by atoms with van der Waals surface area (Å²) in [5.41, 5.74) is 11.0. The van der Waals surface area contributed by atoms with E-state index in [4.69, 9.17) is 9.72 Å². The molecule has 2 aromatic heterocycles. The van der Waals surface area contributed by atoms with Crippen molar-refractivity contribution in [1.29, 1.82) is 0 Å². The maximum atomic E-state index is 6.63. The van der Waals surface area contributed by atoms with Gasteiger partial charge in [-0.15, -0.1) is 48.1 Å². The number of hydrogen-bond acceptors (Lipinski definition) is 4. The molecule has 1 aliphatic heterocycles. The van der Waals surface area contributed by atoms with Crippen LogP contribution >= 0.6 is 0 Å². The molecule has 0 saturated carbocycles. The first-order chi connectivity index (χ1) is 27.8. The van der Waals surface area contributed by atoms with E-state index in [9.17, 15) is 0 Å². The van der Waals surface area contributed by atoms with Crippen LogP contribution in [-0.2, 0) is 37.3 Å². The Morgan fingerprint density at radius 3 is 1.92 bits per heavy atom. The first kappa shape index (κ1) is 42.5. The predicted molar refractivity (Wildman–Crippen MR) is 247 cm³/mol. The van der Waals surface area contributed by atoms with E-state index >= 15 is 0 Å². The molecular formula is C54H52N4OPt. The van der Waals surface area contributed by atoms with Gasteiger partial charge >= 0.3 is 21.1 Å². The molecule has 0 unspecified atom stereocenters. The molecule has 0 aliphatic carbocycles. The van der Waals surface area contributed by atoms with Gasteiger partial charge in [0.05, 0.1) is 0 Å². The Balaban J connectivity index is 0.00000272. The molecule has 0 atom stereocenters. The summed E-state index contributed by atoms with van der Waals surface area (Å²) in [7, 11) is 0. The van der Waals surface area contributed by atoms with Crippen LogP contribution in [0.1, 0.15) is 77.6 Å². The van der Waals surface area contributed by atoms with Crippen molar-refractivity contribution in [2.24, 2.45) is 0 Å². The fourth-order valence-electron chi connectivity index (χ4n) is 8.02. The number of benzene rings is 6. The van der Waals surface area contributed by atoms with Crippen LogP contribution in [0.2, 0.25) is 0 Å². The molecule has 304 valence electrons. The first-order valence-electron chi connectivity index (χ1n) is 20.1. The van der Waals surface area contributed by atoms with E-state index in [1.807, 2.05) is 24.4 Å². The van der Waals surface area contributed by atoms with Gasteiger partial charge in [0.25, 0.3) is 0 Å². The third-order valence-electron chi connectivity index (χ3n) is 11.6. The number of anilines is 4. The third kappa shape index (κ3) is 7.77. The molecule has 0 spiro atoms. The maximum Gasteiger partial charge on any atom is 4.00 e. The van der Waals surface area contributed by atoms with Crippen molar-refractivity contribution >= 4 is 44.6 Å². The molecule has 0 bridgehead atoms. The molecule has 60 heavy (non-hydrogen) atoms.